The van der Waals surface area contributed by atoms with Crippen LogP contribution in [0.5, 0.6) is 11.5 Å². The predicted molar refractivity (Wildman–Crippen MR) is 86.9 cm³/mol. The van der Waals surface area contributed by atoms with E-state index in [9.17, 15) is 4.79 Å². The van der Waals surface area contributed by atoms with E-state index in [0.29, 0.717) is 13.2 Å². The van der Waals surface area contributed by atoms with Crippen molar-refractivity contribution in [1.82, 2.24) is 4.90 Å². The minimum atomic E-state index is -0.111. The number of rotatable bonds is 5. The van der Waals surface area contributed by atoms with Crippen LogP contribution in [-0.4, -0.2) is 42.8 Å². The highest BCUT2D eigenvalue weighted by molar-refractivity contribution is 5.78. The second-order valence-electron chi connectivity index (χ2n) is 6.15. The van der Waals surface area contributed by atoms with Crippen LogP contribution in [0.25, 0.3) is 0 Å². The Morgan fingerprint density at radius 1 is 1.17 bits per heavy atom. The van der Waals surface area contributed by atoms with Crippen molar-refractivity contribution in [1.29, 1.82) is 0 Å². The van der Waals surface area contributed by atoms with Gasteiger partial charge in [-0.25, -0.2) is 0 Å². The molecule has 0 radical (unpaired) electrons. The fourth-order valence-corrected chi connectivity index (χ4v) is 3.42. The molecule has 1 fully saturated rings. The summed E-state index contributed by atoms with van der Waals surface area (Å²) in [5.74, 6) is 1.52. The molecule has 23 heavy (non-hydrogen) atoms. The van der Waals surface area contributed by atoms with E-state index < -0.39 is 0 Å². The molecule has 1 aromatic rings. The summed E-state index contributed by atoms with van der Waals surface area (Å²) >= 11 is 0. The molecule has 2 atom stereocenters. The number of carbonyl (C=O) groups is 1. The molecule has 0 unspecified atom stereocenters. The zero-order valence-electron chi connectivity index (χ0n) is 14.1. The topological polar surface area (TPSA) is 48.0 Å². The van der Waals surface area contributed by atoms with Crippen molar-refractivity contribution >= 4 is 5.97 Å². The van der Waals surface area contributed by atoms with Crippen molar-refractivity contribution in [2.75, 3.05) is 19.8 Å². The maximum absolute atomic E-state index is 12.0. The third-order valence-electron chi connectivity index (χ3n) is 4.49. The first-order chi connectivity index (χ1) is 11.1. The van der Waals surface area contributed by atoms with Gasteiger partial charge in [0.1, 0.15) is 12.1 Å². The summed E-state index contributed by atoms with van der Waals surface area (Å²) in [6, 6.07) is 4.05. The fraction of sp³-hybridized carbons (Fsp3) is 0.611. The summed E-state index contributed by atoms with van der Waals surface area (Å²) in [6.45, 7) is 8.76. The maximum atomic E-state index is 12.0. The zero-order chi connectivity index (χ0) is 16.4. The van der Waals surface area contributed by atoms with Gasteiger partial charge >= 0.3 is 5.97 Å². The van der Waals surface area contributed by atoms with Crippen LogP contribution >= 0.6 is 0 Å². The Morgan fingerprint density at radius 3 is 2.39 bits per heavy atom. The van der Waals surface area contributed by atoms with Crippen LogP contribution in [-0.2, 0) is 22.5 Å². The first-order valence-electron chi connectivity index (χ1n) is 8.48. The lowest BCUT2D eigenvalue weighted by Crippen LogP contribution is -2.41. The van der Waals surface area contributed by atoms with Crippen LogP contribution in [0.3, 0.4) is 0 Å². The lowest BCUT2D eigenvalue weighted by atomic mass is 9.97. The van der Waals surface area contributed by atoms with Gasteiger partial charge in [0.2, 0.25) is 0 Å². The standard InChI is InChI=1S/C18H25NO4/c1-4-21-16-9-13-6-7-19(15-8-12(3)23-18(15)20)11-14(13)10-17(16)22-5-2/h9-10,12,15H,4-8,11H2,1-3H3/t12-,15+/m0/s1. The summed E-state index contributed by atoms with van der Waals surface area (Å²) in [5.41, 5.74) is 2.50. The van der Waals surface area contributed by atoms with Crippen LogP contribution in [0.1, 0.15) is 38.3 Å². The van der Waals surface area contributed by atoms with E-state index in [2.05, 4.69) is 17.0 Å². The Kier molecular flexibility index (Phi) is 4.76. The van der Waals surface area contributed by atoms with E-state index in [-0.39, 0.29) is 18.1 Å². The van der Waals surface area contributed by atoms with Gasteiger partial charge in [0.25, 0.3) is 0 Å². The summed E-state index contributed by atoms with van der Waals surface area (Å²) in [7, 11) is 0. The van der Waals surface area contributed by atoms with Gasteiger partial charge in [-0.3, -0.25) is 9.69 Å². The average Bonchev–Trinajstić information content (AvgIpc) is 2.86. The van der Waals surface area contributed by atoms with E-state index >= 15 is 0 Å². The van der Waals surface area contributed by atoms with Gasteiger partial charge in [0.15, 0.2) is 11.5 Å². The second-order valence-corrected chi connectivity index (χ2v) is 6.15. The molecule has 1 aromatic carbocycles. The molecule has 126 valence electrons. The number of esters is 1. The molecule has 0 aromatic heterocycles. The molecule has 0 N–H and O–H groups in total. The van der Waals surface area contributed by atoms with Gasteiger partial charge < -0.3 is 14.2 Å². The monoisotopic (exact) mass is 319 g/mol. The number of nitrogens with zero attached hydrogens (tertiary/aromatic N) is 1. The summed E-state index contributed by atoms with van der Waals surface area (Å²) in [4.78, 5) is 14.2. The SMILES string of the molecule is CCOc1cc2c(cc1OCC)CN([C@@H]1C[C@H](C)OC1=O)CC2. The molecule has 2 aliphatic rings. The first-order valence-corrected chi connectivity index (χ1v) is 8.48. The molecular formula is C18H25NO4. The van der Waals surface area contributed by atoms with Crippen LogP contribution in [0, 0.1) is 0 Å². The van der Waals surface area contributed by atoms with Crippen molar-refractivity contribution in [3.8, 4) is 11.5 Å². The molecule has 2 heterocycles. The minimum Gasteiger partial charge on any atom is -0.490 e. The Hall–Kier alpha value is -1.75. The van der Waals surface area contributed by atoms with Crippen LogP contribution in [0.2, 0.25) is 0 Å². The molecule has 0 spiro atoms. The minimum absolute atomic E-state index is 0.0215. The van der Waals surface area contributed by atoms with E-state index in [0.717, 1.165) is 37.4 Å². The van der Waals surface area contributed by atoms with Crippen molar-refractivity contribution in [2.24, 2.45) is 0 Å². The number of hydrogen-bond acceptors (Lipinski definition) is 5. The van der Waals surface area contributed by atoms with Crippen molar-refractivity contribution < 1.29 is 19.0 Å². The molecular weight excluding hydrogens is 294 g/mol. The summed E-state index contributed by atoms with van der Waals surface area (Å²) in [5, 5.41) is 0. The van der Waals surface area contributed by atoms with Crippen molar-refractivity contribution in [3.05, 3.63) is 23.3 Å². The van der Waals surface area contributed by atoms with Gasteiger partial charge in [-0.1, -0.05) is 0 Å². The maximum Gasteiger partial charge on any atom is 0.323 e. The Balaban J connectivity index is 1.82. The Labute approximate surface area is 137 Å². The van der Waals surface area contributed by atoms with Crippen LogP contribution < -0.4 is 9.47 Å². The second kappa shape index (κ2) is 6.79. The first kappa shape index (κ1) is 16.1. The van der Waals surface area contributed by atoms with Crippen LogP contribution in [0.4, 0.5) is 0 Å². The van der Waals surface area contributed by atoms with E-state index in [4.69, 9.17) is 14.2 Å². The molecule has 5 heteroatoms. The number of ether oxygens (including phenoxy) is 3. The lowest BCUT2D eigenvalue weighted by molar-refractivity contribution is -0.145. The Morgan fingerprint density at radius 2 is 1.83 bits per heavy atom. The highest BCUT2D eigenvalue weighted by Crippen LogP contribution is 2.35. The molecule has 5 nitrogen and oxygen atoms in total. The molecule has 0 saturated carbocycles. The summed E-state index contributed by atoms with van der Waals surface area (Å²) in [6.07, 6.45) is 1.72. The van der Waals surface area contributed by atoms with Gasteiger partial charge in [-0.05, 0) is 50.5 Å². The highest BCUT2D eigenvalue weighted by atomic mass is 16.6. The highest BCUT2D eigenvalue weighted by Gasteiger charge is 2.37. The Bertz CT molecular complexity index is 587. The third kappa shape index (κ3) is 3.29. The van der Waals surface area contributed by atoms with Gasteiger partial charge in [-0.2, -0.15) is 0 Å². The largest absolute Gasteiger partial charge is 0.490 e. The number of hydrogen-bond donors (Lipinski definition) is 0. The van der Waals surface area contributed by atoms with E-state index in [1.54, 1.807) is 0 Å². The molecule has 0 amide bonds. The van der Waals surface area contributed by atoms with Crippen molar-refractivity contribution in [2.45, 2.75) is 52.3 Å². The smallest absolute Gasteiger partial charge is 0.323 e. The summed E-state index contributed by atoms with van der Waals surface area (Å²) < 4.78 is 16.7. The normalized spacial score (nSPS) is 24.2. The van der Waals surface area contributed by atoms with Gasteiger partial charge in [-0.15, -0.1) is 0 Å². The molecule has 3 rings (SSSR count). The third-order valence-corrected chi connectivity index (χ3v) is 4.49. The van der Waals surface area contributed by atoms with Crippen LogP contribution in [0.15, 0.2) is 12.1 Å². The molecule has 0 bridgehead atoms. The quantitative estimate of drug-likeness (QED) is 0.781. The average molecular weight is 319 g/mol. The number of cyclic esters (lactones) is 1. The van der Waals surface area contributed by atoms with E-state index in [1.807, 2.05) is 20.8 Å². The molecule has 2 aliphatic heterocycles. The lowest BCUT2D eigenvalue weighted by Gasteiger charge is -2.32. The fourth-order valence-electron chi connectivity index (χ4n) is 3.42. The molecule has 0 aliphatic carbocycles. The van der Waals surface area contributed by atoms with Gasteiger partial charge in [0.05, 0.1) is 13.2 Å². The van der Waals surface area contributed by atoms with Crippen molar-refractivity contribution in [3.63, 3.8) is 0 Å². The molecule has 1 saturated heterocycles. The number of fused-ring (bicyclic) bond motifs is 1. The van der Waals surface area contributed by atoms with E-state index in [1.165, 1.54) is 11.1 Å². The predicted octanol–water partition coefficient (Wildman–Crippen LogP) is 2.55. The zero-order valence-corrected chi connectivity index (χ0v) is 14.1. The number of carbonyl (C=O) groups excluding carboxylic acids is 1. The van der Waals surface area contributed by atoms with Gasteiger partial charge in [0, 0.05) is 19.5 Å². The number of benzene rings is 1.